The standard InChI is InChI=1S/C55H88O6/c1-4-7-10-13-16-19-22-25-27-28-31-33-36-39-42-45-48-54(57)60-51-52(50-59-53(56)47-44-41-38-35-32-29-24-21-18-15-12-9-6-3)61-55(58)49-46-43-40-37-34-30-26-23-20-17-14-11-8-5-2/h7,9-10,12,15-16,18-19,21,24-25,27,29,31-33,39,42,52H,4-6,8,11,13-14,17,20,22-23,26,28,30,34-38,40-41,43-51H2,1-3H3/b10-7+,12-9+,18-15+,19-16+,24-21+,27-25+,32-29+,33-31+,42-39+. The lowest BCUT2D eigenvalue weighted by atomic mass is 10.0. The first-order chi connectivity index (χ1) is 30.0. The third-order valence-corrected chi connectivity index (χ3v) is 9.88. The molecule has 0 saturated carbocycles. The molecule has 0 saturated heterocycles. The third kappa shape index (κ3) is 47.0. The summed E-state index contributed by atoms with van der Waals surface area (Å²) in [7, 11) is 0. The van der Waals surface area contributed by atoms with E-state index < -0.39 is 6.10 Å². The van der Waals surface area contributed by atoms with Crippen molar-refractivity contribution in [3.63, 3.8) is 0 Å². The van der Waals surface area contributed by atoms with E-state index in [0.29, 0.717) is 19.3 Å². The van der Waals surface area contributed by atoms with Crippen LogP contribution in [-0.4, -0.2) is 37.2 Å². The first kappa shape index (κ1) is 57.1. The summed E-state index contributed by atoms with van der Waals surface area (Å²) in [5.41, 5.74) is 0. The SMILES string of the molecule is CC/C=C/C=C/C=C/C=C/CCCCCC(=O)OCC(COC(=O)CC/C=C/C/C=C/C/C=C/C/C=C/C/C=C/CC)OC(=O)CCCCCCCCCCCCCCCC. The van der Waals surface area contributed by atoms with Crippen LogP contribution in [0.15, 0.2) is 109 Å². The van der Waals surface area contributed by atoms with Crippen LogP contribution in [0.25, 0.3) is 0 Å². The molecule has 0 spiro atoms. The minimum atomic E-state index is -0.823. The molecule has 6 heteroatoms. The fourth-order valence-electron chi connectivity index (χ4n) is 6.27. The highest BCUT2D eigenvalue weighted by atomic mass is 16.6. The average molecular weight is 845 g/mol. The minimum absolute atomic E-state index is 0.122. The van der Waals surface area contributed by atoms with Crippen molar-refractivity contribution in [1.82, 2.24) is 0 Å². The Kier molecular flexibility index (Phi) is 45.6. The van der Waals surface area contributed by atoms with Crippen LogP contribution in [0.3, 0.4) is 0 Å². The van der Waals surface area contributed by atoms with E-state index in [1.54, 1.807) is 0 Å². The van der Waals surface area contributed by atoms with Crippen molar-refractivity contribution in [1.29, 1.82) is 0 Å². The molecule has 0 fully saturated rings. The van der Waals surface area contributed by atoms with Gasteiger partial charge in [-0.2, -0.15) is 0 Å². The Morgan fingerprint density at radius 1 is 0.361 bits per heavy atom. The number of carbonyl (C=O) groups is 3. The molecule has 1 unspecified atom stereocenters. The maximum Gasteiger partial charge on any atom is 0.306 e. The molecule has 0 aromatic heterocycles. The average Bonchev–Trinajstić information content (AvgIpc) is 3.26. The predicted octanol–water partition coefficient (Wildman–Crippen LogP) is 16.0. The summed E-state index contributed by atoms with van der Waals surface area (Å²) in [6.07, 6.45) is 65.1. The van der Waals surface area contributed by atoms with E-state index in [0.717, 1.165) is 83.5 Å². The zero-order valence-corrected chi connectivity index (χ0v) is 39.1. The predicted molar refractivity (Wildman–Crippen MR) is 260 cm³/mol. The summed E-state index contributed by atoms with van der Waals surface area (Å²) in [4.78, 5) is 37.8. The van der Waals surface area contributed by atoms with Gasteiger partial charge in [0, 0.05) is 19.3 Å². The van der Waals surface area contributed by atoms with Gasteiger partial charge in [0.2, 0.25) is 0 Å². The van der Waals surface area contributed by atoms with Gasteiger partial charge < -0.3 is 14.2 Å². The number of carbonyl (C=O) groups excluding carboxylic acids is 3. The summed E-state index contributed by atoms with van der Waals surface area (Å²) in [6.45, 7) is 6.26. The van der Waals surface area contributed by atoms with Gasteiger partial charge in [-0.15, -0.1) is 0 Å². The van der Waals surface area contributed by atoms with Crippen LogP contribution in [0, 0.1) is 0 Å². The number of hydrogen-bond donors (Lipinski definition) is 0. The number of hydrogen-bond acceptors (Lipinski definition) is 6. The molecule has 344 valence electrons. The molecular formula is C55H88O6. The molecule has 0 heterocycles. The van der Waals surface area contributed by atoms with Gasteiger partial charge in [-0.1, -0.05) is 220 Å². The van der Waals surface area contributed by atoms with Gasteiger partial charge >= 0.3 is 17.9 Å². The lowest BCUT2D eigenvalue weighted by Gasteiger charge is -2.18. The smallest absolute Gasteiger partial charge is 0.306 e. The fraction of sp³-hybridized carbons (Fsp3) is 0.618. The summed E-state index contributed by atoms with van der Waals surface area (Å²) in [6, 6.07) is 0. The van der Waals surface area contributed by atoms with Crippen molar-refractivity contribution in [2.24, 2.45) is 0 Å². The highest BCUT2D eigenvalue weighted by molar-refractivity contribution is 5.71. The summed E-state index contributed by atoms with van der Waals surface area (Å²) < 4.78 is 16.7. The van der Waals surface area contributed by atoms with Crippen LogP contribution in [0.4, 0.5) is 0 Å². The highest BCUT2D eigenvalue weighted by Gasteiger charge is 2.19. The van der Waals surface area contributed by atoms with Crippen molar-refractivity contribution >= 4 is 17.9 Å². The van der Waals surface area contributed by atoms with E-state index >= 15 is 0 Å². The van der Waals surface area contributed by atoms with Crippen molar-refractivity contribution in [3.05, 3.63) is 109 Å². The monoisotopic (exact) mass is 845 g/mol. The molecule has 1 atom stereocenters. The largest absolute Gasteiger partial charge is 0.462 e. The second kappa shape index (κ2) is 48.7. The molecule has 0 aliphatic carbocycles. The quantitative estimate of drug-likeness (QED) is 0.0200. The Hall–Kier alpha value is -3.93. The summed E-state index contributed by atoms with van der Waals surface area (Å²) >= 11 is 0. The molecule has 0 aromatic carbocycles. The molecule has 0 aromatic rings. The molecule has 61 heavy (non-hydrogen) atoms. The number of unbranched alkanes of at least 4 members (excludes halogenated alkanes) is 16. The van der Waals surface area contributed by atoms with Crippen LogP contribution >= 0.6 is 0 Å². The van der Waals surface area contributed by atoms with Gasteiger partial charge in [-0.25, -0.2) is 0 Å². The van der Waals surface area contributed by atoms with Gasteiger partial charge in [-0.3, -0.25) is 14.4 Å². The van der Waals surface area contributed by atoms with Crippen LogP contribution in [0.1, 0.15) is 201 Å². The number of allylic oxidation sites excluding steroid dienone is 18. The van der Waals surface area contributed by atoms with E-state index in [4.69, 9.17) is 14.2 Å². The molecule has 0 aliphatic rings. The molecule has 0 rings (SSSR count). The van der Waals surface area contributed by atoms with Crippen molar-refractivity contribution in [3.8, 4) is 0 Å². The Bertz CT molecular complexity index is 1290. The van der Waals surface area contributed by atoms with E-state index in [1.165, 1.54) is 70.6 Å². The van der Waals surface area contributed by atoms with Crippen LogP contribution < -0.4 is 0 Å². The second-order valence-corrected chi connectivity index (χ2v) is 15.7. The molecule has 0 bridgehead atoms. The van der Waals surface area contributed by atoms with Gasteiger partial charge in [-0.05, 0) is 70.6 Å². The summed E-state index contributed by atoms with van der Waals surface area (Å²) in [5, 5.41) is 0. The zero-order chi connectivity index (χ0) is 44.4. The van der Waals surface area contributed by atoms with Crippen LogP contribution in [0.2, 0.25) is 0 Å². The molecule has 0 amide bonds. The summed E-state index contributed by atoms with van der Waals surface area (Å²) in [5.74, 6) is -1.05. The second-order valence-electron chi connectivity index (χ2n) is 15.7. The van der Waals surface area contributed by atoms with Crippen molar-refractivity contribution < 1.29 is 28.6 Å². The molecule has 0 aliphatic heterocycles. The lowest BCUT2D eigenvalue weighted by Crippen LogP contribution is -2.30. The van der Waals surface area contributed by atoms with E-state index in [9.17, 15) is 14.4 Å². The molecule has 0 N–H and O–H groups in total. The Morgan fingerprint density at radius 2 is 0.754 bits per heavy atom. The fourth-order valence-corrected chi connectivity index (χ4v) is 6.27. The van der Waals surface area contributed by atoms with Gasteiger partial charge in [0.25, 0.3) is 0 Å². The minimum Gasteiger partial charge on any atom is -0.462 e. The molecule has 0 radical (unpaired) electrons. The first-order valence-electron chi connectivity index (χ1n) is 24.4. The van der Waals surface area contributed by atoms with E-state index in [2.05, 4.69) is 81.5 Å². The third-order valence-electron chi connectivity index (χ3n) is 9.88. The molecule has 6 nitrogen and oxygen atoms in total. The normalized spacial score (nSPS) is 13.0. The Morgan fingerprint density at radius 3 is 1.26 bits per heavy atom. The maximum absolute atomic E-state index is 12.8. The maximum atomic E-state index is 12.8. The Labute approximate surface area is 374 Å². The number of ether oxygens (including phenoxy) is 3. The van der Waals surface area contributed by atoms with Crippen molar-refractivity contribution in [2.45, 2.75) is 207 Å². The highest BCUT2D eigenvalue weighted by Crippen LogP contribution is 2.14. The Balaban J connectivity index is 4.56. The lowest BCUT2D eigenvalue weighted by molar-refractivity contribution is -0.166. The zero-order valence-electron chi connectivity index (χ0n) is 39.1. The van der Waals surface area contributed by atoms with Gasteiger partial charge in [0.05, 0.1) is 0 Å². The van der Waals surface area contributed by atoms with E-state index in [1.807, 2.05) is 48.6 Å². The van der Waals surface area contributed by atoms with Gasteiger partial charge in [0.15, 0.2) is 6.10 Å². The van der Waals surface area contributed by atoms with Crippen molar-refractivity contribution in [2.75, 3.05) is 13.2 Å². The topological polar surface area (TPSA) is 78.9 Å². The first-order valence-corrected chi connectivity index (χ1v) is 24.4. The van der Waals surface area contributed by atoms with Gasteiger partial charge in [0.1, 0.15) is 13.2 Å². The van der Waals surface area contributed by atoms with E-state index in [-0.39, 0.29) is 37.5 Å². The molecular weight excluding hydrogens is 757 g/mol. The number of esters is 3. The van der Waals surface area contributed by atoms with Crippen LogP contribution in [0.5, 0.6) is 0 Å². The number of rotatable bonds is 42. The van der Waals surface area contributed by atoms with Crippen LogP contribution in [-0.2, 0) is 28.6 Å².